The first-order valence-corrected chi connectivity index (χ1v) is 7.87. The van der Waals surface area contributed by atoms with Gasteiger partial charge in [0.25, 0.3) is 0 Å². The van der Waals surface area contributed by atoms with Gasteiger partial charge >= 0.3 is 0 Å². The Hall–Kier alpha value is -2.02. The lowest BCUT2D eigenvalue weighted by molar-refractivity contribution is -0.116. The Bertz CT molecular complexity index is 625. The fourth-order valence-corrected chi connectivity index (χ4v) is 2.82. The van der Waals surface area contributed by atoms with Crippen LogP contribution < -0.4 is 10.6 Å². The summed E-state index contributed by atoms with van der Waals surface area (Å²) in [4.78, 5) is 22.7. The molecule has 0 aromatic carbocycles. The van der Waals surface area contributed by atoms with Crippen LogP contribution in [0.15, 0.2) is 49.1 Å². The summed E-state index contributed by atoms with van der Waals surface area (Å²) >= 11 is 0. The van der Waals surface area contributed by atoms with E-state index in [4.69, 9.17) is 0 Å². The summed E-state index contributed by atoms with van der Waals surface area (Å²) in [6, 6.07) is 7.96. The van der Waals surface area contributed by atoms with Crippen molar-refractivity contribution in [3.05, 3.63) is 54.6 Å². The Morgan fingerprint density at radius 2 is 2.04 bits per heavy atom. The molecule has 0 radical (unpaired) electrons. The summed E-state index contributed by atoms with van der Waals surface area (Å²) in [7, 11) is 0. The molecule has 0 saturated carbocycles. The van der Waals surface area contributed by atoms with E-state index in [1.165, 1.54) is 5.56 Å². The minimum absolute atomic E-state index is 0. The molecule has 2 aromatic rings. The highest BCUT2D eigenvalue weighted by molar-refractivity contribution is 5.90. The van der Waals surface area contributed by atoms with Crippen LogP contribution in [0.4, 0.5) is 5.69 Å². The van der Waals surface area contributed by atoms with E-state index >= 15 is 0 Å². The Labute approximate surface area is 148 Å². The maximum atomic E-state index is 12.1. The number of carbonyl (C=O) groups is 1. The highest BCUT2D eigenvalue weighted by atomic mass is 35.5. The number of aromatic nitrogens is 2. The molecule has 2 aromatic heterocycles. The zero-order valence-electron chi connectivity index (χ0n) is 13.4. The number of nitrogens with zero attached hydrogens (tertiary/aromatic N) is 3. The number of halogens is 1. The molecule has 128 valence electrons. The minimum Gasteiger partial charge on any atom is -0.325 e. The smallest absolute Gasteiger partial charge is 0.225 e. The van der Waals surface area contributed by atoms with E-state index in [0.29, 0.717) is 6.42 Å². The molecule has 24 heavy (non-hydrogen) atoms. The first kappa shape index (κ1) is 18.3. The molecular weight excluding hydrogens is 326 g/mol. The predicted molar refractivity (Wildman–Crippen MR) is 96.2 cm³/mol. The van der Waals surface area contributed by atoms with Gasteiger partial charge in [-0.3, -0.25) is 19.7 Å². The number of hydrogen-bond acceptors (Lipinski definition) is 5. The second-order valence-corrected chi connectivity index (χ2v) is 5.58. The van der Waals surface area contributed by atoms with Crippen LogP contribution in [0, 0.1) is 0 Å². The average molecular weight is 348 g/mol. The lowest BCUT2D eigenvalue weighted by atomic mass is 10.1. The number of nitrogens with one attached hydrogen (secondary N) is 2. The molecule has 3 heterocycles. The third kappa shape index (κ3) is 4.99. The van der Waals surface area contributed by atoms with E-state index < -0.39 is 0 Å². The molecule has 1 unspecified atom stereocenters. The van der Waals surface area contributed by atoms with Crippen LogP contribution >= 0.6 is 12.4 Å². The number of hydrogen-bond donors (Lipinski definition) is 2. The van der Waals surface area contributed by atoms with Crippen LogP contribution in [0.5, 0.6) is 0 Å². The lowest BCUT2D eigenvalue weighted by Crippen LogP contribution is -2.46. The van der Waals surface area contributed by atoms with E-state index in [-0.39, 0.29) is 24.4 Å². The zero-order chi connectivity index (χ0) is 15.9. The Balaban J connectivity index is 0.00000208. The molecule has 1 saturated heterocycles. The van der Waals surface area contributed by atoms with Crippen molar-refractivity contribution in [2.75, 3.05) is 31.5 Å². The highest BCUT2D eigenvalue weighted by Crippen LogP contribution is 2.21. The molecule has 0 spiro atoms. The summed E-state index contributed by atoms with van der Waals surface area (Å²) in [5, 5.41) is 6.29. The molecule has 1 aliphatic rings. The van der Waals surface area contributed by atoms with Crippen molar-refractivity contribution in [3.8, 4) is 0 Å². The van der Waals surface area contributed by atoms with Gasteiger partial charge in [0.15, 0.2) is 0 Å². The van der Waals surface area contributed by atoms with Crippen molar-refractivity contribution in [3.63, 3.8) is 0 Å². The summed E-state index contributed by atoms with van der Waals surface area (Å²) < 4.78 is 0. The SMILES string of the molecule is Cl.O=C(CCN1CCNCC1c1cccnc1)Nc1cccnc1. The third-order valence-corrected chi connectivity index (χ3v) is 3.99. The van der Waals surface area contributed by atoms with Gasteiger partial charge in [-0.2, -0.15) is 0 Å². The molecule has 7 heteroatoms. The van der Waals surface area contributed by atoms with Crippen molar-refractivity contribution >= 4 is 24.0 Å². The second kappa shape index (κ2) is 9.32. The molecular formula is C17H22ClN5O. The molecule has 3 rings (SSSR count). The molecule has 2 N–H and O–H groups in total. The highest BCUT2D eigenvalue weighted by Gasteiger charge is 2.24. The number of carbonyl (C=O) groups excluding carboxylic acids is 1. The quantitative estimate of drug-likeness (QED) is 0.864. The van der Waals surface area contributed by atoms with Gasteiger partial charge in [-0.25, -0.2) is 0 Å². The molecule has 6 nitrogen and oxygen atoms in total. The van der Waals surface area contributed by atoms with E-state index in [0.717, 1.165) is 31.9 Å². The van der Waals surface area contributed by atoms with Crippen LogP contribution in [0.1, 0.15) is 18.0 Å². The average Bonchev–Trinajstić information content (AvgIpc) is 2.62. The van der Waals surface area contributed by atoms with Crippen LogP contribution in [-0.2, 0) is 4.79 Å². The molecule has 1 aliphatic heterocycles. The maximum absolute atomic E-state index is 12.1. The molecule has 1 fully saturated rings. The molecule has 0 aliphatic carbocycles. The van der Waals surface area contributed by atoms with E-state index in [1.54, 1.807) is 18.6 Å². The lowest BCUT2D eigenvalue weighted by Gasteiger charge is -2.36. The predicted octanol–water partition coefficient (Wildman–Crippen LogP) is 1.87. The van der Waals surface area contributed by atoms with Gasteiger partial charge in [-0.05, 0) is 23.8 Å². The fraction of sp³-hybridized carbons (Fsp3) is 0.353. The summed E-state index contributed by atoms with van der Waals surface area (Å²) in [6.07, 6.45) is 7.49. The Morgan fingerprint density at radius 1 is 1.25 bits per heavy atom. The first-order chi connectivity index (χ1) is 11.3. The van der Waals surface area contributed by atoms with Crippen molar-refractivity contribution in [1.82, 2.24) is 20.2 Å². The molecule has 1 amide bonds. The van der Waals surface area contributed by atoms with Crippen molar-refractivity contribution in [1.29, 1.82) is 0 Å². The number of piperazine rings is 1. The fourth-order valence-electron chi connectivity index (χ4n) is 2.82. The number of rotatable bonds is 5. The van der Waals surface area contributed by atoms with Gasteiger partial charge in [-0.1, -0.05) is 6.07 Å². The van der Waals surface area contributed by atoms with Crippen LogP contribution in [0.2, 0.25) is 0 Å². The summed E-state index contributed by atoms with van der Waals surface area (Å²) in [5.74, 6) is 0.0152. The second-order valence-electron chi connectivity index (χ2n) is 5.58. The standard InChI is InChI=1S/C17H21N5O.ClH/c23-17(21-15-4-2-7-19-12-15)5-9-22-10-8-20-13-16(22)14-3-1-6-18-11-14;/h1-4,6-7,11-12,16,20H,5,8-10,13H2,(H,21,23);1H. The summed E-state index contributed by atoms with van der Waals surface area (Å²) in [5.41, 5.74) is 1.92. The third-order valence-electron chi connectivity index (χ3n) is 3.99. The molecule has 1 atom stereocenters. The van der Waals surface area contributed by atoms with Crippen molar-refractivity contribution in [2.24, 2.45) is 0 Å². The summed E-state index contributed by atoms with van der Waals surface area (Å²) in [6.45, 7) is 3.49. The van der Waals surface area contributed by atoms with E-state index in [1.807, 2.05) is 24.4 Å². The van der Waals surface area contributed by atoms with Crippen LogP contribution in [0.25, 0.3) is 0 Å². The van der Waals surface area contributed by atoms with Crippen LogP contribution in [-0.4, -0.2) is 47.0 Å². The van der Waals surface area contributed by atoms with Gasteiger partial charge in [0, 0.05) is 57.2 Å². The van der Waals surface area contributed by atoms with E-state index in [9.17, 15) is 4.79 Å². The van der Waals surface area contributed by atoms with Gasteiger partial charge in [0.05, 0.1) is 11.9 Å². The monoisotopic (exact) mass is 347 g/mol. The molecule has 0 bridgehead atoms. The zero-order valence-corrected chi connectivity index (χ0v) is 14.2. The van der Waals surface area contributed by atoms with Crippen molar-refractivity contribution in [2.45, 2.75) is 12.5 Å². The van der Waals surface area contributed by atoms with Gasteiger partial charge in [0.1, 0.15) is 0 Å². The first-order valence-electron chi connectivity index (χ1n) is 7.87. The van der Waals surface area contributed by atoms with Gasteiger partial charge < -0.3 is 10.6 Å². The maximum Gasteiger partial charge on any atom is 0.225 e. The van der Waals surface area contributed by atoms with E-state index in [2.05, 4.69) is 31.6 Å². The van der Waals surface area contributed by atoms with Crippen LogP contribution in [0.3, 0.4) is 0 Å². The van der Waals surface area contributed by atoms with Gasteiger partial charge in [-0.15, -0.1) is 12.4 Å². The van der Waals surface area contributed by atoms with Crippen molar-refractivity contribution < 1.29 is 4.79 Å². The van der Waals surface area contributed by atoms with Gasteiger partial charge in [0.2, 0.25) is 5.91 Å². The Kier molecular flexibility index (Phi) is 7.11. The number of pyridine rings is 2. The topological polar surface area (TPSA) is 70.2 Å². The number of anilines is 1. The Morgan fingerprint density at radius 3 is 2.75 bits per heavy atom. The largest absolute Gasteiger partial charge is 0.325 e. The minimum atomic E-state index is 0. The number of amides is 1. The normalized spacial score (nSPS) is 17.8.